The zero-order valence-corrected chi connectivity index (χ0v) is 42.5. The molecule has 2 N–H and O–H groups in total. The molecule has 3 aliphatic rings. The number of rotatable bonds is 24. The molecule has 0 radical (unpaired) electrons. The van der Waals surface area contributed by atoms with E-state index in [1.807, 2.05) is 58.1 Å². The van der Waals surface area contributed by atoms with E-state index in [1.54, 1.807) is 25.0 Å². The van der Waals surface area contributed by atoms with E-state index in [0.717, 1.165) is 31.3 Å². The number of amides is 1. The number of esters is 1. The van der Waals surface area contributed by atoms with Gasteiger partial charge in [0.15, 0.2) is 5.78 Å². The maximum Gasteiger partial charge on any atom is 0.329 e. The Hall–Kier alpha value is -3.82. The molecule has 2 aliphatic heterocycles. The molecule has 8 unspecified atom stereocenters. The molecule has 1 amide bonds. The van der Waals surface area contributed by atoms with Crippen molar-refractivity contribution in [3.63, 3.8) is 0 Å². The Morgan fingerprint density at radius 1 is 0.925 bits per heavy atom. The maximum absolute atomic E-state index is 14.2. The van der Waals surface area contributed by atoms with Gasteiger partial charge in [-0.3, -0.25) is 14.4 Å². The van der Waals surface area contributed by atoms with Crippen molar-refractivity contribution < 1.29 is 48.3 Å². The third-order valence-corrected chi connectivity index (χ3v) is 14.9. The zero-order chi connectivity index (χ0) is 49.4. The van der Waals surface area contributed by atoms with Crippen molar-refractivity contribution in [3.8, 4) is 0 Å². The van der Waals surface area contributed by atoms with E-state index in [0.29, 0.717) is 68.8 Å². The number of hydrogen-bond acceptors (Lipinski definition) is 12. The molecular formula is C53H84N4O10. The molecule has 67 heavy (non-hydrogen) atoms. The second-order valence-electron chi connectivity index (χ2n) is 20.4. The van der Waals surface area contributed by atoms with Gasteiger partial charge in [0.2, 0.25) is 5.79 Å². The van der Waals surface area contributed by atoms with Crippen LogP contribution in [0, 0.1) is 41.4 Å². The van der Waals surface area contributed by atoms with Crippen LogP contribution in [0.3, 0.4) is 0 Å². The molecular weight excluding hydrogens is 853 g/mol. The number of carbonyl (C=O) groups is 4. The summed E-state index contributed by atoms with van der Waals surface area (Å²) in [5, 5.41) is 26.9. The molecule has 1 aliphatic carbocycles. The minimum absolute atomic E-state index is 0.0134. The summed E-state index contributed by atoms with van der Waals surface area (Å²) in [7, 11) is 3.22. The van der Waals surface area contributed by atoms with E-state index in [-0.39, 0.29) is 54.8 Å². The van der Waals surface area contributed by atoms with Crippen LogP contribution in [0.5, 0.6) is 0 Å². The van der Waals surface area contributed by atoms with E-state index < -0.39 is 53.7 Å². The Labute approximate surface area is 401 Å². The predicted molar refractivity (Wildman–Crippen MR) is 258 cm³/mol. The number of hydrogen-bond donors (Lipinski definition) is 2. The normalized spacial score (nSPS) is 28.1. The molecule has 1 saturated carbocycles. The molecule has 0 spiro atoms. The SMILES string of the molecule is COC1CC(C[C@@H](C)[C@H](CC[C@H](C)/C=C(\C)C(O)[C@@H](OC)C(=O)C(C)C[C@H](C)/C=C/C=C/C=C(\C)C(C)n2cncn2)OC(=O)C2CCCCN2C(=O)C(=O)C2(O)OCCCC2C)CC[C@H]1C. The van der Waals surface area contributed by atoms with Crippen LogP contribution in [0.1, 0.15) is 145 Å². The number of aromatic nitrogens is 3. The smallest absolute Gasteiger partial charge is 0.329 e. The first kappa shape index (κ1) is 55.8. The molecule has 0 aromatic carbocycles. The summed E-state index contributed by atoms with van der Waals surface area (Å²) in [6.07, 6.45) is 21.3. The molecule has 14 heteroatoms. The number of ether oxygens (including phenoxy) is 4. The predicted octanol–water partition coefficient (Wildman–Crippen LogP) is 8.34. The highest BCUT2D eigenvalue weighted by Gasteiger charge is 2.51. The van der Waals surface area contributed by atoms with Gasteiger partial charge < -0.3 is 34.1 Å². The van der Waals surface area contributed by atoms with Crippen LogP contribution >= 0.6 is 0 Å². The summed E-state index contributed by atoms with van der Waals surface area (Å²) in [6.45, 7) is 18.3. The highest BCUT2D eigenvalue weighted by Crippen LogP contribution is 2.37. The Morgan fingerprint density at radius 3 is 2.34 bits per heavy atom. The van der Waals surface area contributed by atoms with Crippen molar-refractivity contribution in [2.24, 2.45) is 41.4 Å². The van der Waals surface area contributed by atoms with E-state index in [2.05, 4.69) is 43.9 Å². The van der Waals surface area contributed by atoms with Crippen LogP contribution in [-0.4, -0.2) is 117 Å². The van der Waals surface area contributed by atoms with Gasteiger partial charge in [0.25, 0.3) is 11.7 Å². The summed E-state index contributed by atoms with van der Waals surface area (Å²) in [5.41, 5.74) is 1.77. The Kier molecular flexibility index (Phi) is 22.3. The highest BCUT2D eigenvalue weighted by molar-refractivity contribution is 6.39. The number of allylic oxidation sites excluding steroid dienone is 7. The van der Waals surface area contributed by atoms with E-state index >= 15 is 0 Å². The first-order valence-corrected chi connectivity index (χ1v) is 25.1. The topological polar surface area (TPSA) is 180 Å². The van der Waals surface area contributed by atoms with Crippen molar-refractivity contribution in [1.82, 2.24) is 19.7 Å². The summed E-state index contributed by atoms with van der Waals surface area (Å²) < 4.78 is 25.2. The molecule has 1 aromatic heterocycles. The van der Waals surface area contributed by atoms with E-state index in [4.69, 9.17) is 18.9 Å². The lowest BCUT2D eigenvalue weighted by Gasteiger charge is -2.40. The standard InChI is InChI=1S/C53H84N4O10/c1-34(18-13-12-14-19-36(3)42(9)57-33-54-32-55-57)28-39(6)47(58)49(65-11)48(59)40(7)29-35(2)22-25-45(38(5)30-43-24-23-37(4)46(31-43)64-10)67-52(62)44-21-15-16-26-56(44)51(61)50(60)53(63)41(8)20-17-27-66-53/h12-14,18-19,29,32-35,37-39,41-46,48-49,59,63H,15-17,20-28,30-31H2,1-11H3/b14-12+,18-13+,36-19+,40-29+/t34-,35+,37-,38-,39?,41?,42?,43?,44?,45+,46?,48?,49+,53?/m1/s1. The monoisotopic (exact) mass is 937 g/mol. The van der Waals surface area contributed by atoms with Crippen LogP contribution in [0.15, 0.2) is 60.3 Å². The molecule has 2 saturated heterocycles. The highest BCUT2D eigenvalue weighted by atomic mass is 16.6. The third-order valence-electron chi connectivity index (χ3n) is 14.9. The fourth-order valence-electron chi connectivity index (χ4n) is 10.2. The molecule has 14 nitrogen and oxygen atoms in total. The summed E-state index contributed by atoms with van der Waals surface area (Å²) in [6, 6.07) is -0.857. The van der Waals surface area contributed by atoms with Crippen LogP contribution in [0.2, 0.25) is 0 Å². The van der Waals surface area contributed by atoms with Crippen molar-refractivity contribution in [3.05, 3.63) is 60.3 Å². The molecule has 3 heterocycles. The lowest BCUT2D eigenvalue weighted by molar-refractivity contribution is -0.241. The Bertz CT molecular complexity index is 1860. The van der Waals surface area contributed by atoms with Crippen molar-refractivity contribution >= 4 is 23.4 Å². The Balaban J connectivity index is 1.40. The molecule has 0 bridgehead atoms. The largest absolute Gasteiger partial charge is 0.461 e. The maximum atomic E-state index is 14.2. The summed E-state index contributed by atoms with van der Waals surface area (Å²) >= 11 is 0. The second-order valence-corrected chi connectivity index (χ2v) is 20.4. The summed E-state index contributed by atoms with van der Waals surface area (Å²) in [4.78, 5) is 60.6. The van der Waals surface area contributed by atoms with Gasteiger partial charge in [-0.1, -0.05) is 78.0 Å². The van der Waals surface area contributed by atoms with Crippen LogP contribution < -0.4 is 0 Å². The number of carbonyl (C=O) groups excluding carboxylic acids is 4. The first-order chi connectivity index (χ1) is 31.8. The van der Waals surface area contributed by atoms with Crippen LogP contribution in [0.25, 0.3) is 0 Å². The number of methoxy groups -OCH3 is 2. The fourth-order valence-corrected chi connectivity index (χ4v) is 10.2. The number of aliphatic hydroxyl groups is 2. The van der Waals surface area contributed by atoms with E-state index in [9.17, 15) is 29.4 Å². The van der Waals surface area contributed by atoms with E-state index in [1.165, 1.54) is 18.3 Å². The molecule has 4 rings (SSSR count). The number of aliphatic hydroxyl groups excluding tert-OH is 1. The van der Waals surface area contributed by atoms with Crippen molar-refractivity contribution in [2.45, 2.75) is 182 Å². The minimum atomic E-state index is -2.22. The van der Waals surface area contributed by atoms with Gasteiger partial charge in [-0.05, 0) is 139 Å². The molecule has 376 valence electrons. The van der Waals surface area contributed by atoms with Gasteiger partial charge in [0.05, 0.1) is 18.8 Å². The number of nitrogens with zero attached hydrogens (tertiary/aromatic N) is 4. The number of ketones is 2. The van der Waals surface area contributed by atoms with Gasteiger partial charge in [-0.2, -0.15) is 5.10 Å². The first-order valence-electron chi connectivity index (χ1n) is 25.1. The molecule has 1 aromatic rings. The average Bonchev–Trinajstić information content (AvgIpc) is 3.86. The van der Waals surface area contributed by atoms with Gasteiger partial charge in [0.1, 0.15) is 37.0 Å². The lowest BCUT2D eigenvalue weighted by Crippen LogP contribution is -2.59. The average molecular weight is 937 g/mol. The molecule has 3 fully saturated rings. The van der Waals surface area contributed by atoms with Crippen molar-refractivity contribution in [2.75, 3.05) is 27.4 Å². The van der Waals surface area contributed by atoms with Crippen LogP contribution in [-0.2, 0) is 38.1 Å². The van der Waals surface area contributed by atoms with Gasteiger partial charge in [0, 0.05) is 32.6 Å². The summed E-state index contributed by atoms with van der Waals surface area (Å²) in [5.74, 6) is -4.86. The number of Topliss-reactive ketones (excluding diaryl/α,β-unsaturated/α-hetero) is 2. The third kappa shape index (κ3) is 15.6. The van der Waals surface area contributed by atoms with Gasteiger partial charge in [-0.15, -0.1) is 0 Å². The van der Waals surface area contributed by atoms with Crippen molar-refractivity contribution in [1.29, 1.82) is 0 Å². The van der Waals surface area contributed by atoms with Crippen LogP contribution in [0.4, 0.5) is 0 Å². The zero-order valence-electron chi connectivity index (χ0n) is 42.5. The number of likely N-dealkylation sites (tertiary alicyclic amines) is 1. The fraction of sp³-hybridized carbons (Fsp3) is 0.736. The molecule has 14 atom stereocenters. The minimum Gasteiger partial charge on any atom is -0.461 e. The lowest BCUT2D eigenvalue weighted by atomic mass is 9.76. The quantitative estimate of drug-likeness (QED) is 0.0439. The Morgan fingerprint density at radius 2 is 1.67 bits per heavy atom. The second kappa shape index (κ2) is 26.8. The van der Waals surface area contributed by atoms with Gasteiger partial charge >= 0.3 is 5.97 Å². The number of piperidine rings is 1. The van der Waals surface area contributed by atoms with Gasteiger partial charge in [-0.25, -0.2) is 14.5 Å².